The average Bonchev–Trinajstić information content (AvgIpc) is 3.20. The van der Waals surface area contributed by atoms with Gasteiger partial charge in [-0.3, -0.25) is 4.79 Å². The first kappa shape index (κ1) is 20.3. The number of carbonyl (C=O) groups is 1. The van der Waals surface area contributed by atoms with Crippen molar-refractivity contribution >= 4 is 5.78 Å². The molecular formula is C28H44O. The van der Waals surface area contributed by atoms with Crippen molar-refractivity contribution in [3.05, 3.63) is 12.2 Å². The van der Waals surface area contributed by atoms with Crippen molar-refractivity contribution in [2.45, 2.75) is 92.9 Å². The van der Waals surface area contributed by atoms with Crippen LogP contribution in [-0.2, 0) is 4.79 Å². The average molecular weight is 397 g/mol. The second-order valence-electron chi connectivity index (χ2n) is 12.9. The predicted molar refractivity (Wildman–Crippen MR) is 120 cm³/mol. The minimum absolute atomic E-state index is 0.142. The summed E-state index contributed by atoms with van der Waals surface area (Å²) in [7, 11) is 0. The molecule has 29 heavy (non-hydrogen) atoms. The highest BCUT2D eigenvalue weighted by Gasteiger charge is 2.77. The van der Waals surface area contributed by atoms with Crippen LogP contribution < -0.4 is 0 Å². The van der Waals surface area contributed by atoms with E-state index >= 15 is 0 Å². The summed E-state index contributed by atoms with van der Waals surface area (Å²) in [5.41, 5.74) is 0.937. The van der Waals surface area contributed by atoms with Crippen LogP contribution in [0.1, 0.15) is 92.9 Å². The van der Waals surface area contributed by atoms with Crippen molar-refractivity contribution in [1.29, 1.82) is 0 Å². The Hall–Kier alpha value is -0.590. The van der Waals surface area contributed by atoms with E-state index in [0.717, 1.165) is 36.0 Å². The van der Waals surface area contributed by atoms with E-state index in [1.165, 1.54) is 44.9 Å². The third-order valence-electron chi connectivity index (χ3n) is 11.8. The third kappa shape index (κ3) is 2.54. The number of hydrogen-bond acceptors (Lipinski definition) is 1. The largest absolute Gasteiger partial charge is 0.299 e. The first-order chi connectivity index (χ1) is 13.6. The number of rotatable bonds is 4. The van der Waals surface area contributed by atoms with Gasteiger partial charge in [-0.15, -0.1) is 0 Å². The molecule has 5 saturated carbocycles. The summed E-state index contributed by atoms with van der Waals surface area (Å²) in [6.07, 6.45) is 15.4. The number of ketones is 1. The summed E-state index contributed by atoms with van der Waals surface area (Å²) < 4.78 is 0. The minimum atomic E-state index is 0.142. The van der Waals surface area contributed by atoms with Gasteiger partial charge in [0.15, 0.2) is 0 Å². The van der Waals surface area contributed by atoms with E-state index in [0.29, 0.717) is 34.4 Å². The van der Waals surface area contributed by atoms with Gasteiger partial charge < -0.3 is 0 Å². The molecule has 1 heteroatoms. The van der Waals surface area contributed by atoms with Gasteiger partial charge in [-0.1, -0.05) is 53.7 Å². The van der Waals surface area contributed by atoms with Crippen LogP contribution in [0, 0.1) is 63.6 Å². The van der Waals surface area contributed by atoms with E-state index in [9.17, 15) is 4.79 Å². The summed E-state index contributed by atoms with van der Waals surface area (Å²) in [4.78, 5) is 13.4. The molecule has 0 heterocycles. The molecule has 1 nitrogen and oxygen atoms in total. The number of allylic oxidation sites excluding steroid dienone is 2. The standard InChI is InChI=1S/C28H44O/c1-17(2)18(3)7-8-19(4)22-9-10-23-21-15-25(29)28-16-20(28)11-14-27(28,6)24(21)12-13-26(22,23)5/h7-8,17-24H,9-16H2,1-6H3/b8-7+/t18-,19+,20-,21+,22+,23-,24-,26+,27+,28-/m0/s1. The Bertz CT molecular complexity index is 720. The lowest BCUT2D eigenvalue weighted by Crippen LogP contribution is -2.55. The fraction of sp³-hybridized carbons (Fsp3) is 0.893. The topological polar surface area (TPSA) is 17.1 Å². The zero-order chi connectivity index (χ0) is 20.8. The maximum absolute atomic E-state index is 13.4. The van der Waals surface area contributed by atoms with Gasteiger partial charge in [-0.05, 0) is 103 Å². The highest BCUT2D eigenvalue weighted by Crippen LogP contribution is 2.80. The molecule has 0 aromatic rings. The van der Waals surface area contributed by atoms with Crippen LogP contribution in [0.4, 0.5) is 0 Å². The van der Waals surface area contributed by atoms with Crippen LogP contribution in [0.3, 0.4) is 0 Å². The molecule has 0 amide bonds. The SMILES string of the molecule is CC(C)[C@@H](C)/C=C/[C@@H](C)[C@H]1CC[C@H]2[C@H]3CC(=O)[C@]45C[C@@H]4CC[C@]5(C)[C@H]3CC[C@]12C. The fourth-order valence-electron chi connectivity index (χ4n) is 9.62. The summed E-state index contributed by atoms with van der Waals surface area (Å²) in [5.74, 6) is 6.63. The Morgan fingerprint density at radius 1 is 0.931 bits per heavy atom. The molecule has 5 rings (SSSR count). The van der Waals surface area contributed by atoms with Crippen molar-refractivity contribution in [1.82, 2.24) is 0 Å². The molecular weight excluding hydrogens is 352 g/mol. The van der Waals surface area contributed by atoms with E-state index in [-0.39, 0.29) is 5.41 Å². The van der Waals surface area contributed by atoms with E-state index in [1.807, 2.05) is 0 Å². The van der Waals surface area contributed by atoms with Crippen molar-refractivity contribution in [2.24, 2.45) is 63.6 Å². The van der Waals surface area contributed by atoms with Crippen molar-refractivity contribution in [2.75, 3.05) is 0 Å². The Balaban J connectivity index is 1.38. The van der Waals surface area contributed by atoms with Gasteiger partial charge in [0, 0.05) is 11.8 Å². The Morgan fingerprint density at radius 2 is 1.69 bits per heavy atom. The molecule has 0 N–H and O–H groups in total. The van der Waals surface area contributed by atoms with Crippen LogP contribution in [0.25, 0.3) is 0 Å². The van der Waals surface area contributed by atoms with Crippen LogP contribution in [-0.4, -0.2) is 5.78 Å². The second-order valence-corrected chi connectivity index (χ2v) is 12.9. The Labute approximate surface area is 179 Å². The van der Waals surface area contributed by atoms with E-state index < -0.39 is 0 Å². The van der Waals surface area contributed by atoms with Crippen LogP contribution in [0.5, 0.6) is 0 Å². The van der Waals surface area contributed by atoms with Crippen LogP contribution >= 0.6 is 0 Å². The summed E-state index contributed by atoms with van der Waals surface area (Å²) >= 11 is 0. The van der Waals surface area contributed by atoms with Crippen LogP contribution in [0.15, 0.2) is 12.2 Å². The van der Waals surface area contributed by atoms with Gasteiger partial charge in [0.05, 0.1) is 0 Å². The van der Waals surface area contributed by atoms with Gasteiger partial charge in [0.2, 0.25) is 0 Å². The van der Waals surface area contributed by atoms with E-state index in [2.05, 4.69) is 53.7 Å². The third-order valence-corrected chi connectivity index (χ3v) is 11.8. The highest BCUT2D eigenvalue weighted by molar-refractivity contribution is 5.91. The van der Waals surface area contributed by atoms with Crippen molar-refractivity contribution < 1.29 is 4.79 Å². The predicted octanol–water partition coefficient (Wildman–Crippen LogP) is 7.31. The Morgan fingerprint density at radius 3 is 2.38 bits per heavy atom. The van der Waals surface area contributed by atoms with E-state index in [1.54, 1.807) is 0 Å². The molecule has 0 unspecified atom stereocenters. The molecule has 0 bridgehead atoms. The second kappa shape index (κ2) is 6.46. The van der Waals surface area contributed by atoms with Gasteiger partial charge >= 0.3 is 0 Å². The van der Waals surface area contributed by atoms with Gasteiger partial charge in [0.1, 0.15) is 5.78 Å². The molecule has 162 valence electrons. The Kier molecular flexibility index (Phi) is 4.53. The summed E-state index contributed by atoms with van der Waals surface area (Å²) in [6, 6.07) is 0. The molecule has 10 atom stereocenters. The molecule has 0 radical (unpaired) electrons. The molecule has 5 aliphatic rings. The smallest absolute Gasteiger partial charge is 0.140 e. The fourth-order valence-corrected chi connectivity index (χ4v) is 9.62. The molecule has 5 aliphatic carbocycles. The highest BCUT2D eigenvalue weighted by atomic mass is 16.1. The van der Waals surface area contributed by atoms with Gasteiger partial charge in [-0.25, -0.2) is 0 Å². The number of Topliss-reactive ketones (excluding diaryl/α,β-unsaturated/α-hetero) is 1. The normalized spacial score (nSPS) is 52.8. The zero-order valence-electron chi connectivity index (χ0n) is 19.8. The molecule has 0 saturated heterocycles. The maximum atomic E-state index is 13.4. The maximum Gasteiger partial charge on any atom is 0.140 e. The first-order valence-corrected chi connectivity index (χ1v) is 12.9. The lowest BCUT2D eigenvalue weighted by atomic mass is 9.45. The minimum Gasteiger partial charge on any atom is -0.299 e. The number of fused-ring (bicyclic) bond motifs is 4. The van der Waals surface area contributed by atoms with Gasteiger partial charge in [0.25, 0.3) is 0 Å². The molecule has 0 aromatic heterocycles. The summed E-state index contributed by atoms with van der Waals surface area (Å²) in [6.45, 7) is 14.6. The van der Waals surface area contributed by atoms with Crippen molar-refractivity contribution in [3.8, 4) is 0 Å². The zero-order valence-corrected chi connectivity index (χ0v) is 19.8. The van der Waals surface area contributed by atoms with Crippen LogP contribution in [0.2, 0.25) is 0 Å². The van der Waals surface area contributed by atoms with Gasteiger partial charge in [-0.2, -0.15) is 0 Å². The molecule has 0 aromatic carbocycles. The molecule has 5 fully saturated rings. The monoisotopic (exact) mass is 396 g/mol. The lowest BCUT2D eigenvalue weighted by molar-refractivity contribution is -0.151. The quantitative estimate of drug-likeness (QED) is 0.455. The number of carbonyl (C=O) groups excluding carboxylic acids is 1. The molecule has 1 spiro atoms. The van der Waals surface area contributed by atoms with E-state index in [4.69, 9.17) is 0 Å². The summed E-state index contributed by atoms with van der Waals surface area (Å²) in [5, 5.41) is 0. The molecule has 0 aliphatic heterocycles. The lowest BCUT2D eigenvalue weighted by Gasteiger charge is -2.58. The number of hydrogen-bond donors (Lipinski definition) is 0. The van der Waals surface area contributed by atoms with Crippen molar-refractivity contribution in [3.63, 3.8) is 0 Å². The first-order valence-electron chi connectivity index (χ1n) is 12.9.